The average molecular weight is 312 g/mol. The molecule has 0 saturated heterocycles. The van der Waals surface area contributed by atoms with Gasteiger partial charge in [0, 0.05) is 18.7 Å². The van der Waals surface area contributed by atoms with E-state index >= 15 is 0 Å². The Labute approximate surface area is 128 Å². The molecule has 1 aromatic rings. The zero-order valence-corrected chi connectivity index (χ0v) is 12.8. The number of nitrogens with zero attached hydrogens (tertiary/aromatic N) is 1. The largest absolute Gasteiger partial charge is 0.476 e. The first kappa shape index (κ1) is 15.8. The quantitative estimate of drug-likeness (QED) is 0.667. The summed E-state index contributed by atoms with van der Waals surface area (Å²) >= 11 is 5.57. The monoisotopic (exact) mass is 311 g/mol. The van der Waals surface area contributed by atoms with E-state index in [9.17, 15) is 9.59 Å². The summed E-state index contributed by atoms with van der Waals surface area (Å²) < 4.78 is 5.71. The Hall–Kier alpha value is -1.59. The Bertz CT molecular complexity index is 571. The lowest BCUT2D eigenvalue weighted by Gasteiger charge is -2.39. The van der Waals surface area contributed by atoms with Crippen LogP contribution in [0.1, 0.15) is 30.6 Å². The molecule has 0 aliphatic carbocycles. The number of rotatable bonds is 5. The van der Waals surface area contributed by atoms with Crippen molar-refractivity contribution in [3.63, 3.8) is 0 Å². The van der Waals surface area contributed by atoms with E-state index in [1.54, 1.807) is 36.9 Å². The zero-order valence-electron chi connectivity index (χ0n) is 12.1. The molecule has 0 radical (unpaired) electrons. The minimum absolute atomic E-state index is 0.0132. The normalized spacial score (nSPS) is 16.4. The van der Waals surface area contributed by atoms with Crippen LogP contribution < -0.4 is 9.64 Å². The topological polar surface area (TPSA) is 66.8 Å². The number of benzene rings is 1. The summed E-state index contributed by atoms with van der Waals surface area (Å²) in [6, 6.07) is 4.93. The predicted octanol–water partition coefficient (Wildman–Crippen LogP) is 1.99. The van der Waals surface area contributed by atoms with E-state index in [4.69, 9.17) is 21.4 Å². The van der Waals surface area contributed by atoms with E-state index in [1.165, 1.54) is 0 Å². The maximum absolute atomic E-state index is 12.5. The second kappa shape index (κ2) is 6.03. The molecule has 21 heavy (non-hydrogen) atoms. The van der Waals surface area contributed by atoms with Crippen LogP contribution in [0, 0.1) is 0 Å². The number of halogens is 1. The number of amides is 1. The smallest absolute Gasteiger partial charge is 0.270 e. The number of aliphatic hydroxyl groups excluding tert-OH is 1. The predicted molar refractivity (Wildman–Crippen MR) is 80.3 cm³/mol. The molecule has 1 heterocycles. The Morgan fingerprint density at radius 1 is 1.43 bits per heavy atom. The molecular formula is C15H18ClNO4. The van der Waals surface area contributed by atoms with E-state index in [0.29, 0.717) is 30.0 Å². The zero-order chi connectivity index (χ0) is 15.6. The minimum atomic E-state index is -0.972. The van der Waals surface area contributed by atoms with Crippen LogP contribution in [0.25, 0.3) is 0 Å². The number of ketones is 1. The van der Waals surface area contributed by atoms with E-state index in [-0.39, 0.29) is 24.2 Å². The molecule has 1 aromatic carbocycles. The number of hydrogen-bond donors (Lipinski definition) is 1. The third kappa shape index (κ3) is 3.04. The maximum Gasteiger partial charge on any atom is 0.270 e. The van der Waals surface area contributed by atoms with Gasteiger partial charge in [-0.15, -0.1) is 11.6 Å². The molecule has 0 spiro atoms. The first-order chi connectivity index (χ1) is 9.90. The third-order valence-corrected chi connectivity index (χ3v) is 3.60. The fraction of sp³-hybridized carbons (Fsp3) is 0.467. The summed E-state index contributed by atoms with van der Waals surface area (Å²) in [5, 5.41) is 9.00. The second-order valence-electron chi connectivity index (χ2n) is 5.39. The van der Waals surface area contributed by atoms with E-state index in [1.807, 2.05) is 0 Å². The molecule has 0 fully saturated rings. The van der Waals surface area contributed by atoms with Crippen molar-refractivity contribution in [1.82, 2.24) is 0 Å². The van der Waals surface area contributed by atoms with Crippen LogP contribution in [0.3, 0.4) is 0 Å². The SMILES string of the molecule is CC1(C)Oc2ccc(C(=O)CCl)cc2N(CCCO)C1=O. The first-order valence-corrected chi connectivity index (χ1v) is 7.29. The van der Waals surface area contributed by atoms with Gasteiger partial charge in [-0.3, -0.25) is 9.59 Å². The summed E-state index contributed by atoms with van der Waals surface area (Å²) in [5.41, 5.74) is 0.0121. The van der Waals surface area contributed by atoms with Crippen molar-refractivity contribution in [3.8, 4) is 5.75 Å². The van der Waals surface area contributed by atoms with Crippen LogP contribution in [-0.2, 0) is 4.79 Å². The third-order valence-electron chi connectivity index (χ3n) is 3.36. The highest BCUT2D eigenvalue weighted by atomic mass is 35.5. The summed E-state index contributed by atoms with van der Waals surface area (Å²) in [5.74, 6) is 0.0249. The van der Waals surface area contributed by atoms with Crippen molar-refractivity contribution in [2.75, 3.05) is 23.9 Å². The van der Waals surface area contributed by atoms with Gasteiger partial charge in [-0.25, -0.2) is 0 Å². The molecular weight excluding hydrogens is 294 g/mol. The summed E-state index contributed by atoms with van der Waals surface area (Å²) in [6.07, 6.45) is 0.453. The van der Waals surface area contributed by atoms with E-state index < -0.39 is 5.60 Å². The van der Waals surface area contributed by atoms with Crippen LogP contribution in [0.15, 0.2) is 18.2 Å². The molecule has 0 saturated carbocycles. The number of hydrogen-bond acceptors (Lipinski definition) is 4. The molecule has 0 atom stereocenters. The number of ether oxygens (including phenoxy) is 1. The van der Waals surface area contributed by atoms with Gasteiger partial charge in [0.05, 0.1) is 11.6 Å². The standard InChI is InChI=1S/C15H18ClNO4/c1-15(2)14(20)17(6-3-7-18)11-8-10(12(19)9-16)4-5-13(11)21-15/h4-5,8,18H,3,6-7,9H2,1-2H3. The Morgan fingerprint density at radius 3 is 2.76 bits per heavy atom. The molecule has 5 nitrogen and oxygen atoms in total. The minimum Gasteiger partial charge on any atom is -0.476 e. The fourth-order valence-electron chi connectivity index (χ4n) is 2.27. The van der Waals surface area contributed by atoms with Crippen LogP contribution in [0.5, 0.6) is 5.75 Å². The molecule has 1 aliphatic heterocycles. The lowest BCUT2D eigenvalue weighted by molar-refractivity contribution is -0.132. The first-order valence-electron chi connectivity index (χ1n) is 6.76. The Balaban J connectivity index is 2.46. The molecule has 6 heteroatoms. The molecule has 0 aromatic heterocycles. The van der Waals surface area contributed by atoms with Gasteiger partial charge in [-0.1, -0.05) is 0 Å². The molecule has 1 amide bonds. The van der Waals surface area contributed by atoms with Gasteiger partial charge in [0.2, 0.25) is 0 Å². The molecule has 0 unspecified atom stereocenters. The number of carbonyl (C=O) groups is 2. The number of carbonyl (C=O) groups excluding carboxylic acids is 2. The van der Waals surface area contributed by atoms with Crippen molar-refractivity contribution in [1.29, 1.82) is 0 Å². The number of anilines is 1. The summed E-state index contributed by atoms with van der Waals surface area (Å²) in [6.45, 7) is 3.75. The number of alkyl halides is 1. The average Bonchev–Trinajstić information content (AvgIpc) is 2.46. The maximum atomic E-state index is 12.5. The van der Waals surface area contributed by atoms with Gasteiger partial charge < -0.3 is 14.7 Å². The summed E-state index contributed by atoms with van der Waals surface area (Å²) in [4.78, 5) is 25.7. The van der Waals surface area contributed by atoms with Crippen LogP contribution in [0.4, 0.5) is 5.69 Å². The molecule has 114 valence electrons. The van der Waals surface area contributed by atoms with E-state index in [2.05, 4.69) is 0 Å². The second-order valence-corrected chi connectivity index (χ2v) is 5.65. The molecule has 1 N–H and O–H groups in total. The van der Waals surface area contributed by atoms with Gasteiger partial charge in [-0.05, 0) is 38.5 Å². The molecule has 0 bridgehead atoms. The fourth-order valence-corrected chi connectivity index (χ4v) is 2.42. The van der Waals surface area contributed by atoms with E-state index in [0.717, 1.165) is 0 Å². The lowest BCUT2D eigenvalue weighted by atomic mass is 10.0. The van der Waals surface area contributed by atoms with Crippen molar-refractivity contribution >= 4 is 29.0 Å². The van der Waals surface area contributed by atoms with Crippen molar-refractivity contribution in [2.45, 2.75) is 25.9 Å². The van der Waals surface area contributed by atoms with Gasteiger partial charge in [-0.2, -0.15) is 0 Å². The Morgan fingerprint density at radius 2 is 2.14 bits per heavy atom. The van der Waals surface area contributed by atoms with Gasteiger partial charge in [0.1, 0.15) is 5.75 Å². The van der Waals surface area contributed by atoms with Gasteiger partial charge in [0.15, 0.2) is 11.4 Å². The highest BCUT2D eigenvalue weighted by molar-refractivity contribution is 6.30. The molecule has 2 rings (SSSR count). The lowest BCUT2D eigenvalue weighted by Crippen LogP contribution is -2.52. The van der Waals surface area contributed by atoms with Gasteiger partial charge in [0.25, 0.3) is 5.91 Å². The van der Waals surface area contributed by atoms with Gasteiger partial charge >= 0.3 is 0 Å². The summed E-state index contributed by atoms with van der Waals surface area (Å²) in [7, 11) is 0. The van der Waals surface area contributed by atoms with Crippen LogP contribution >= 0.6 is 11.6 Å². The van der Waals surface area contributed by atoms with Crippen LogP contribution in [0.2, 0.25) is 0 Å². The molecule has 1 aliphatic rings. The van der Waals surface area contributed by atoms with Crippen molar-refractivity contribution in [3.05, 3.63) is 23.8 Å². The van der Waals surface area contributed by atoms with Crippen LogP contribution in [-0.4, -0.2) is 41.4 Å². The number of Topliss-reactive ketones (excluding diaryl/α,β-unsaturated/α-hetero) is 1. The highest BCUT2D eigenvalue weighted by Gasteiger charge is 2.40. The Kier molecular flexibility index (Phi) is 4.54. The number of aliphatic hydroxyl groups is 1. The highest BCUT2D eigenvalue weighted by Crippen LogP contribution is 2.38. The number of fused-ring (bicyclic) bond motifs is 1. The van der Waals surface area contributed by atoms with Crippen molar-refractivity contribution in [2.24, 2.45) is 0 Å². The van der Waals surface area contributed by atoms with Crippen molar-refractivity contribution < 1.29 is 19.4 Å².